The number of thiazole rings is 1. The predicted molar refractivity (Wildman–Crippen MR) is 80.0 cm³/mol. The molecule has 8 heteroatoms. The average Bonchev–Trinajstić information content (AvgIpc) is 2.94. The molecule has 23 heavy (non-hydrogen) atoms. The van der Waals surface area contributed by atoms with Crippen LogP contribution in [0.3, 0.4) is 0 Å². The van der Waals surface area contributed by atoms with Crippen LogP contribution in [-0.2, 0) is 4.74 Å². The molecule has 1 unspecified atom stereocenters. The number of hydrogen-bond donors (Lipinski definition) is 0. The first-order chi connectivity index (χ1) is 10.9. The minimum absolute atomic E-state index is 0.133. The number of aromatic nitrogens is 1. The molecule has 0 aliphatic rings. The fourth-order valence-corrected chi connectivity index (χ4v) is 2.46. The summed E-state index contributed by atoms with van der Waals surface area (Å²) in [5.41, 5.74) is 0.760. The highest BCUT2D eigenvalue weighted by Gasteiger charge is 2.31. The second-order valence-electron chi connectivity index (χ2n) is 4.67. The molecule has 0 saturated carbocycles. The lowest BCUT2D eigenvalue weighted by molar-refractivity contribution is -0.274. The number of hydrogen-bond acceptors (Lipinski definition) is 5. The Morgan fingerprint density at radius 1 is 1.17 bits per heavy atom. The molecule has 0 N–H and O–H groups in total. The van der Waals surface area contributed by atoms with Crippen LogP contribution in [0.5, 0.6) is 16.7 Å². The molecule has 4 nitrogen and oxygen atoms in total. The van der Waals surface area contributed by atoms with Crippen molar-refractivity contribution in [3.63, 3.8) is 0 Å². The Balaban J connectivity index is 1.96. The molecular formula is C15H16F3NO3S. The minimum atomic E-state index is -4.71. The van der Waals surface area contributed by atoms with E-state index in [-0.39, 0.29) is 11.9 Å². The average molecular weight is 347 g/mol. The summed E-state index contributed by atoms with van der Waals surface area (Å²) < 4.78 is 51.1. The topological polar surface area (TPSA) is 40.6 Å². The van der Waals surface area contributed by atoms with Crippen LogP contribution >= 0.6 is 11.3 Å². The van der Waals surface area contributed by atoms with E-state index in [1.165, 1.54) is 35.6 Å². The summed E-state index contributed by atoms with van der Waals surface area (Å²) >= 11 is 1.30. The third-order valence-electron chi connectivity index (χ3n) is 2.75. The zero-order chi connectivity index (χ0) is 16.9. The van der Waals surface area contributed by atoms with Crippen molar-refractivity contribution in [2.45, 2.75) is 32.7 Å². The first kappa shape index (κ1) is 17.6. The van der Waals surface area contributed by atoms with Crippen LogP contribution in [0.4, 0.5) is 13.2 Å². The van der Waals surface area contributed by atoms with Gasteiger partial charge in [0.25, 0.3) is 5.19 Å². The summed E-state index contributed by atoms with van der Waals surface area (Å²) in [4.78, 5) is 4.30. The maximum Gasteiger partial charge on any atom is 0.573 e. The van der Waals surface area contributed by atoms with Crippen molar-refractivity contribution in [1.82, 2.24) is 4.98 Å². The van der Waals surface area contributed by atoms with Gasteiger partial charge in [0, 0.05) is 12.0 Å². The van der Waals surface area contributed by atoms with Gasteiger partial charge in [-0.05, 0) is 37.6 Å². The summed E-state index contributed by atoms with van der Waals surface area (Å²) in [6, 6.07) is 5.15. The monoisotopic (exact) mass is 347 g/mol. The summed E-state index contributed by atoms with van der Waals surface area (Å²) in [6.45, 7) is 4.57. The Morgan fingerprint density at radius 3 is 2.43 bits per heavy atom. The molecule has 126 valence electrons. The second kappa shape index (κ2) is 7.65. The predicted octanol–water partition coefficient (Wildman–Crippen LogP) is 5.32. The van der Waals surface area contributed by atoms with E-state index >= 15 is 0 Å². The Hall–Kier alpha value is -1.80. The molecule has 0 radical (unpaired) electrons. The second-order valence-corrected chi connectivity index (χ2v) is 5.49. The smallest absolute Gasteiger partial charge is 0.431 e. The van der Waals surface area contributed by atoms with Gasteiger partial charge in [0.05, 0.1) is 11.8 Å². The summed E-state index contributed by atoms with van der Waals surface area (Å²) in [5.74, 6) is 0.0776. The maximum absolute atomic E-state index is 12.1. The van der Waals surface area contributed by atoms with Gasteiger partial charge in [-0.2, -0.15) is 0 Å². The zero-order valence-corrected chi connectivity index (χ0v) is 13.4. The van der Waals surface area contributed by atoms with E-state index in [0.29, 0.717) is 17.6 Å². The number of nitrogens with zero attached hydrogens (tertiary/aromatic N) is 1. The lowest BCUT2D eigenvalue weighted by atomic mass is 10.3. The van der Waals surface area contributed by atoms with Crippen LogP contribution in [0.25, 0.3) is 0 Å². The molecule has 1 atom stereocenters. The van der Waals surface area contributed by atoms with Crippen LogP contribution in [0, 0.1) is 0 Å². The third kappa shape index (κ3) is 5.72. The molecule has 0 bridgehead atoms. The molecular weight excluding hydrogens is 331 g/mol. The van der Waals surface area contributed by atoms with E-state index in [9.17, 15) is 13.2 Å². The highest BCUT2D eigenvalue weighted by atomic mass is 32.1. The number of alkyl halides is 3. The van der Waals surface area contributed by atoms with Gasteiger partial charge in [0.2, 0.25) is 0 Å². The summed E-state index contributed by atoms with van der Waals surface area (Å²) in [5, 5.41) is 2.23. The fourth-order valence-electron chi connectivity index (χ4n) is 1.69. The Morgan fingerprint density at radius 2 is 1.83 bits per heavy atom. The van der Waals surface area contributed by atoms with Crippen LogP contribution < -0.4 is 9.47 Å². The summed E-state index contributed by atoms with van der Waals surface area (Å²) in [7, 11) is 0. The molecule has 1 aromatic carbocycles. The Kier molecular flexibility index (Phi) is 5.84. The van der Waals surface area contributed by atoms with E-state index in [1.807, 2.05) is 19.2 Å². The van der Waals surface area contributed by atoms with Gasteiger partial charge in [-0.1, -0.05) is 18.3 Å². The van der Waals surface area contributed by atoms with Gasteiger partial charge in [-0.3, -0.25) is 0 Å². The SMILES string of the molecule is CCCOC(C)c1csc(Oc2ccc(OC(F)(F)F)cc2)n1. The molecule has 0 saturated heterocycles. The molecule has 1 aromatic heterocycles. The fraction of sp³-hybridized carbons (Fsp3) is 0.400. The van der Waals surface area contributed by atoms with Crippen LogP contribution in [0.2, 0.25) is 0 Å². The Bertz CT molecular complexity index is 613. The highest BCUT2D eigenvalue weighted by Crippen LogP contribution is 2.30. The maximum atomic E-state index is 12.1. The molecule has 0 amide bonds. The van der Waals surface area contributed by atoms with E-state index in [0.717, 1.165) is 12.1 Å². The van der Waals surface area contributed by atoms with Crippen molar-refractivity contribution in [3.05, 3.63) is 35.3 Å². The number of rotatable bonds is 7. The third-order valence-corrected chi connectivity index (χ3v) is 3.49. The van der Waals surface area contributed by atoms with Crippen molar-refractivity contribution in [2.75, 3.05) is 6.61 Å². The highest BCUT2D eigenvalue weighted by molar-refractivity contribution is 7.11. The van der Waals surface area contributed by atoms with Gasteiger partial charge in [-0.15, -0.1) is 13.2 Å². The molecule has 0 spiro atoms. The van der Waals surface area contributed by atoms with Gasteiger partial charge in [0.1, 0.15) is 11.5 Å². The lowest BCUT2D eigenvalue weighted by Gasteiger charge is -2.09. The van der Waals surface area contributed by atoms with Crippen LogP contribution in [0.1, 0.15) is 32.1 Å². The van der Waals surface area contributed by atoms with E-state index in [4.69, 9.17) is 9.47 Å². The van der Waals surface area contributed by atoms with Crippen LogP contribution in [-0.4, -0.2) is 18.0 Å². The molecule has 1 heterocycles. The van der Waals surface area contributed by atoms with E-state index < -0.39 is 6.36 Å². The van der Waals surface area contributed by atoms with E-state index in [1.54, 1.807) is 0 Å². The first-order valence-electron chi connectivity index (χ1n) is 6.98. The molecule has 0 aliphatic carbocycles. The minimum Gasteiger partial charge on any atom is -0.431 e. The molecule has 2 aromatic rings. The number of halogens is 3. The van der Waals surface area contributed by atoms with Crippen molar-refractivity contribution in [3.8, 4) is 16.7 Å². The molecule has 0 fully saturated rings. The van der Waals surface area contributed by atoms with Gasteiger partial charge in [-0.25, -0.2) is 4.98 Å². The quantitative estimate of drug-likeness (QED) is 0.679. The van der Waals surface area contributed by atoms with Crippen molar-refractivity contribution in [2.24, 2.45) is 0 Å². The molecule has 0 aliphatic heterocycles. The van der Waals surface area contributed by atoms with Crippen molar-refractivity contribution < 1.29 is 27.4 Å². The van der Waals surface area contributed by atoms with Gasteiger partial charge in [0.15, 0.2) is 0 Å². The first-order valence-corrected chi connectivity index (χ1v) is 7.86. The standard InChI is InChI=1S/C15H16F3NO3S/c1-3-8-20-10(2)13-9-23-14(19-13)21-11-4-6-12(7-5-11)22-15(16,17)18/h4-7,9-10H,3,8H2,1-2H3. The van der Waals surface area contributed by atoms with Gasteiger partial charge >= 0.3 is 6.36 Å². The molecule has 2 rings (SSSR count). The van der Waals surface area contributed by atoms with Crippen LogP contribution in [0.15, 0.2) is 29.6 Å². The lowest BCUT2D eigenvalue weighted by Crippen LogP contribution is -2.16. The number of ether oxygens (including phenoxy) is 3. The number of benzene rings is 1. The summed E-state index contributed by atoms with van der Waals surface area (Å²) in [6.07, 6.45) is -3.92. The van der Waals surface area contributed by atoms with Gasteiger partial charge < -0.3 is 14.2 Å². The zero-order valence-electron chi connectivity index (χ0n) is 12.6. The normalized spacial score (nSPS) is 12.9. The van der Waals surface area contributed by atoms with E-state index in [2.05, 4.69) is 9.72 Å². The largest absolute Gasteiger partial charge is 0.573 e. The van der Waals surface area contributed by atoms with Crippen molar-refractivity contribution >= 4 is 11.3 Å². The Labute approximate surface area is 135 Å². The van der Waals surface area contributed by atoms with Crippen molar-refractivity contribution in [1.29, 1.82) is 0 Å².